The molecule has 10 heteroatoms. The Morgan fingerprint density at radius 3 is 2.46 bits per heavy atom. The van der Waals surface area contributed by atoms with Crippen LogP contribution in [0.2, 0.25) is 0 Å². The summed E-state index contributed by atoms with van der Waals surface area (Å²) in [6.45, 7) is 4.00. The highest BCUT2D eigenvalue weighted by atomic mass is 32.2. The molecule has 0 aliphatic heterocycles. The summed E-state index contributed by atoms with van der Waals surface area (Å²) >= 11 is 0. The first-order chi connectivity index (χ1) is 13.1. The first-order valence-corrected chi connectivity index (χ1v) is 9.79. The molecule has 2 N–H and O–H groups in total. The van der Waals surface area contributed by atoms with E-state index in [1.807, 2.05) is 11.5 Å². The Morgan fingerprint density at radius 2 is 1.86 bits per heavy atom. The third-order valence-electron chi connectivity index (χ3n) is 4.21. The zero-order valence-corrected chi connectivity index (χ0v) is 16.5. The minimum absolute atomic E-state index is 0.375. The van der Waals surface area contributed by atoms with Crippen LogP contribution in [-0.4, -0.2) is 45.1 Å². The number of hydrogen-bond acceptors (Lipinski definition) is 6. The molecular formula is C18H21FN2O6S. The lowest BCUT2D eigenvalue weighted by atomic mass is 10.1. The van der Waals surface area contributed by atoms with Gasteiger partial charge in [-0.25, -0.2) is 22.7 Å². The van der Waals surface area contributed by atoms with Crippen LogP contribution in [0.15, 0.2) is 29.2 Å². The van der Waals surface area contributed by atoms with E-state index in [0.29, 0.717) is 24.4 Å². The number of ketones is 1. The molecule has 0 spiro atoms. The van der Waals surface area contributed by atoms with Crippen LogP contribution in [0.3, 0.4) is 0 Å². The highest BCUT2D eigenvalue weighted by Crippen LogP contribution is 2.18. The van der Waals surface area contributed by atoms with Gasteiger partial charge in [0.15, 0.2) is 6.61 Å². The summed E-state index contributed by atoms with van der Waals surface area (Å²) in [5.41, 5.74) is 1.29. The molecule has 1 aromatic heterocycles. The number of hydrogen-bond donors (Lipinski definition) is 1. The van der Waals surface area contributed by atoms with Gasteiger partial charge in [0, 0.05) is 30.6 Å². The van der Waals surface area contributed by atoms with Gasteiger partial charge >= 0.3 is 5.97 Å². The highest BCUT2D eigenvalue weighted by molar-refractivity contribution is 7.89. The standard InChI is InChI=1S/C18H21FN2O6S/c1-11-8-14(12(2)21(11)6-7-26-3)17(22)10-27-18(23)15-9-13(28(20,24)25)4-5-16(15)19/h4-5,8-9H,6-7,10H2,1-3H3,(H2,20,24,25). The number of nitrogens with zero attached hydrogens (tertiary/aromatic N) is 1. The molecular weight excluding hydrogens is 391 g/mol. The Labute approximate surface area is 162 Å². The maximum atomic E-state index is 13.9. The summed E-state index contributed by atoms with van der Waals surface area (Å²) in [6.07, 6.45) is 0. The molecule has 0 aliphatic rings. The lowest BCUT2D eigenvalue weighted by Gasteiger charge is -2.09. The quantitative estimate of drug-likeness (QED) is 0.520. The second-order valence-corrected chi connectivity index (χ2v) is 7.68. The van der Waals surface area contributed by atoms with Crippen molar-refractivity contribution in [1.82, 2.24) is 4.57 Å². The van der Waals surface area contributed by atoms with Crippen LogP contribution in [0.4, 0.5) is 4.39 Å². The molecule has 0 radical (unpaired) electrons. The molecule has 152 valence electrons. The van der Waals surface area contributed by atoms with Gasteiger partial charge in [-0.2, -0.15) is 0 Å². The molecule has 0 saturated heterocycles. The van der Waals surface area contributed by atoms with Gasteiger partial charge in [-0.15, -0.1) is 0 Å². The number of rotatable bonds is 8. The molecule has 1 aromatic carbocycles. The number of ether oxygens (including phenoxy) is 2. The zero-order chi connectivity index (χ0) is 21.1. The number of primary sulfonamides is 1. The Balaban J connectivity index is 2.15. The second kappa shape index (κ2) is 8.63. The normalized spacial score (nSPS) is 11.5. The lowest BCUT2D eigenvalue weighted by Crippen LogP contribution is -2.18. The van der Waals surface area contributed by atoms with Gasteiger partial charge in [-0.05, 0) is 38.1 Å². The number of aromatic nitrogens is 1. The van der Waals surface area contributed by atoms with Crippen molar-refractivity contribution < 1.29 is 31.9 Å². The first kappa shape index (κ1) is 21.7. The summed E-state index contributed by atoms with van der Waals surface area (Å²) in [5, 5.41) is 4.97. The molecule has 8 nitrogen and oxygen atoms in total. The van der Waals surface area contributed by atoms with Gasteiger partial charge in [-0.3, -0.25) is 4.79 Å². The van der Waals surface area contributed by atoms with Crippen LogP contribution in [0.5, 0.6) is 0 Å². The van der Waals surface area contributed by atoms with E-state index in [1.54, 1.807) is 20.1 Å². The van der Waals surface area contributed by atoms with Crippen LogP contribution in [0.1, 0.15) is 32.1 Å². The largest absolute Gasteiger partial charge is 0.454 e. The molecule has 0 bridgehead atoms. The van der Waals surface area contributed by atoms with E-state index in [9.17, 15) is 22.4 Å². The van der Waals surface area contributed by atoms with Gasteiger partial charge in [0.2, 0.25) is 15.8 Å². The molecule has 0 aliphatic carbocycles. The smallest absolute Gasteiger partial charge is 0.341 e. The van der Waals surface area contributed by atoms with Crippen molar-refractivity contribution in [3.05, 3.63) is 52.6 Å². The minimum atomic E-state index is -4.12. The summed E-state index contributed by atoms with van der Waals surface area (Å²) in [6, 6.07) is 4.17. The van der Waals surface area contributed by atoms with Crippen molar-refractivity contribution in [3.8, 4) is 0 Å². The van der Waals surface area contributed by atoms with Gasteiger partial charge in [-0.1, -0.05) is 0 Å². The number of halogens is 1. The summed E-state index contributed by atoms with van der Waals surface area (Å²) in [4.78, 5) is 24.1. The number of carbonyl (C=O) groups is 2. The predicted molar refractivity (Wildman–Crippen MR) is 98.2 cm³/mol. The molecule has 1 heterocycles. The van der Waals surface area contributed by atoms with Gasteiger partial charge in [0.1, 0.15) is 5.82 Å². The second-order valence-electron chi connectivity index (χ2n) is 6.12. The van der Waals surface area contributed by atoms with E-state index < -0.39 is 44.7 Å². The van der Waals surface area contributed by atoms with Crippen LogP contribution < -0.4 is 5.14 Å². The fourth-order valence-corrected chi connectivity index (χ4v) is 3.27. The molecule has 0 amide bonds. The summed E-state index contributed by atoms with van der Waals surface area (Å²) in [5.74, 6) is -2.61. The Kier molecular flexibility index (Phi) is 6.70. The number of sulfonamides is 1. The van der Waals surface area contributed by atoms with Crippen molar-refractivity contribution in [3.63, 3.8) is 0 Å². The van der Waals surface area contributed by atoms with E-state index in [1.165, 1.54) is 0 Å². The molecule has 0 saturated carbocycles. The van der Waals surface area contributed by atoms with Crippen molar-refractivity contribution in [2.45, 2.75) is 25.3 Å². The number of nitrogens with two attached hydrogens (primary N) is 1. The first-order valence-electron chi connectivity index (χ1n) is 8.24. The van der Waals surface area contributed by atoms with Gasteiger partial charge in [0.05, 0.1) is 17.1 Å². The SMILES string of the molecule is COCCn1c(C)cc(C(=O)COC(=O)c2cc(S(N)(=O)=O)ccc2F)c1C. The van der Waals surface area contributed by atoms with Crippen molar-refractivity contribution in [1.29, 1.82) is 0 Å². The number of esters is 1. The molecule has 2 aromatic rings. The number of carbonyl (C=O) groups excluding carboxylic acids is 2. The molecule has 0 unspecified atom stereocenters. The molecule has 0 fully saturated rings. The fraction of sp³-hybridized carbons (Fsp3) is 0.333. The topological polar surface area (TPSA) is 118 Å². The van der Waals surface area contributed by atoms with Crippen LogP contribution >= 0.6 is 0 Å². The van der Waals surface area contributed by atoms with E-state index in [-0.39, 0.29) is 0 Å². The number of Topliss-reactive ketones (excluding diaryl/α,β-unsaturated/α-hetero) is 1. The van der Waals surface area contributed by atoms with Crippen LogP contribution in [-0.2, 0) is 26.0 Å². The minimum Gasteiger partial charge on any atom is -0.454 e. The predicted octanol–water partition coefficient (Wildman–Crippen LogP) is 1.58. The third kappa shape index (κ3) is 4.83. The van der Waals surface area contributed by atoms with E-state index in [2.05, 4.69) is 0 Å². The van der Waals surface area contributed by atoms with E-state index >= 15 is 0 Å². The van der Waals surface area contributed by atoms with Crippen LogP contribution in [0.25, 0.3) is 0 Å². The highest BCUT2D eigenvalue weighted by Gasteiger charge is 2.21. The molecule has 0 atom stereocenters. The van der Waals surface area contributed by atoms with E-state index in [4.69, 9.17) is 14.6 Å². The lowest BCUT2D eigenvalue weighted by molar-refractivity contribution is 0.0469. The average molecular weight is 412 g/mol. The van der Waals surface area contributed by atoms with Crippen molar-refractivity contribution in [2.24, 2.45) is 5.14 Å². The maximum absolute atomic E-state index is 13.9. The van der Waals surface area contributed by atoms with Gasteiger partial charge in [0.25, 0.3) is 0 Å². The molecule has 2 rings (SSSR count). The average Bonchev–Trinajstić information content (AvgIpc) is 2.91. The Hall–Kier alpha value is -2.56. The van der Waals surface area contributed by atoms with E-state index in [0.717, 1.165) is 23.9 Å². The number of methoxy groups -OCH3 is 1. The van der Waals surface area contributed by atoms with Crippen molar-refractivity contribution >= 4 is 21.8 Å². The Morgan fingerprint density at radius 1 is 1.18 bits per heavy atom. The van der Waals surface area contributed by atoms with Crippen LogP contribution in [0, 0.1) is 19.7 Å². The van der Waals surface area contributed by atoms with Gasteiger partial charge < -0.3 is 14.0 Å². The molecule has 28 heavy (non-hydrogen) atoms. The third-order valence-corrected chi connectivity index (χ3v) is 5.12. The summed E-state index contributed by atoms with van der Waals surface area (Å²) < 4.78 is 48.4. The number of benzene rings is 1. The Bertz CT molecular complexity index is 1010. The van der Waals surface area contributed by atoms with Crippen molar-refractivity contribution in [2.75, 3.05) is 20.3 Å². The summed E-state index contributed by atoms with van der Waals surface area (Å²) in [7, 11) is -2.55. The number of aryl methyl sites for hydroxylation is 1. The fourth-order valence-electron chi connectivity index (χ4n) is 2.73. The maximum Gasteiger partial charge on any atom is 0.341 e. The monoisotopic (exact) mass is 412 g/mol. The zero-order valence-electron chi connectivity index (χ0n) is 15.7.